The summed E-state index contributed by atoms with van der Waals surface area (Å²) in [6.07, 6.45) is 0. The molecule has 0 fully saturated rings. The largest absolute Gasteiger partial charge is 0.321 e. The first-order valence-corrected chi connectivity index (χ1v) is 6.46. The van der Waals surface area contributed by atoms with Crippen LogP contribution in [0.25, 0.3) is 11.1 Å². The van der Waals surface area contributed by atoms with Crippen molar-refractivity contribution in [1.29, 1.82) is 0 Å². The molecule has 0 radical (unpaired) electrons. The molecule has 2 heteroatoms. The van der Waals surface area contributed by atoms with E-state index in [0.29, 0.717) is 5.92 Å². The summed E-state index contributed by atoms with van der Waals surface area (Å²) < 4.78 is 0. The Bertz CT molecular complexity index is 556. The Morgan fingerprint density at radius 3 is 2.39 bits per heavy atom. The van der Waals surface area contributed by atoms with Crippen LogP contribution in [0.1, 0.15) is 30.9 Å². The third-order valence-corrected chi connectivity index (χ3v) is 3.52. The number of nitrogens with one attached hydrogen (secondary N) is 2. The quantitative estimate of drug-likeness (QED) is 0.829. The van der Waals surface area contributed by atoms with Crippen LogP contribution in [0.15, 0.2) is 42.5 Å². The molecule has 3 rings (SSSR count). The Kier molecular flexibility index (Phi) is 2.80. The minimum absolute atomic E-state index is 0.590. The van der Waals surface area contributed by atoms with E-state index in [-0.39, 0.29) is 0 Å². The monoisotopic (exact) mass is 238 g/mol. The number of fused-ring (bicyclic) bond motifs is 1. The van der Waals surface area contributed by atoms with E-state index in [9.17, 15) is 0 Å². The van der Waals surface area contributed by atoms with Crippen molar-refractivity contribution in [3.63, 3.8) is 0 Å². The smallest absolute Gasteiger partial charge is 0.0533 e. The predicted molar refractivity (Wildman–Crippen MR) is 76.4 cm³/mol. The summed E-state index contributed by atoms with van der Waals surface area (Å²) in [5, 5.41) is 0. The second-order valence-electron chi connectivity index (χ2n) is 5.13. The second-order valence-corrected chi connectivity index (χ2v) is 5.13. The van der Waals surface area contributed by atoms with E-state index in [1.807, 2.05) is 0 Å². The summed E-state index contributed by atoms with van der Waals surface area (Å²) in [6, 6.07) is 15.4. The summed E-state index contributed by atoms with van der Waals surface area (Å²) in [6.45, 7) is 5.34. The Balaban J connectivity index is 1.95. The average Bonchev–Trinajstić information content (AvgIpc) is 2.86. The topological polar surface area (TPSA) is 24.1 Å². The Morgan fingerprint density at radius 2 is 1.67 bits per heavy atom. The van der Waals surface area contributed by atoms with Gasteiger partial charge in [0.1, 0.15) is 0 Å². The lowest BCUT2D eigenvalue weighted by Gasteiger charge is -2.08. The highest BCUT2D eigenvalue weighted by molar-refractivity contribution is 5.69. The second kappa shape index (κ2) is 4.46. The van der Waals surface area contributed by atoms with E-state index in [2.05, 4.69) is 67.2 Å². The van der Waals surface area contributed by atoms with Crippen LogP contribution in [0.4, 0.5) is 5.69 Å². The number of hydrogen-bond acceptors (Lipinski definition) is 2. The molecule has 2 nitrogen and oxygen atoms in total. The standard InChI is InChI=1S/C16H18N2/c1-11(2)12-3-5-13(6-4-12)14-7-8-16-15(9-14)10-17-18-16/h3-9,11,17-18H,10H2,1-2H3. The van der Waals surface area contributed by atoms with Gasteiger partial charge in [0.15, 0.2) is 0 Å². The molecule has 0 saturated carbocycles. The first kappa shape index (κ1) is 11.3. The van der Waals surface area contributed by atoms with E-state index >= 15 is 0 Å². The van der Waals surface area contributed by atoms with Gasteiger partial charge in [0.25, 0.3) is 0 Å². The van der Waals surface area contributed by atoms with Gasteiger partial charge in [0, 0.05) is 6.54 Å². The van der Waals surface area contributed by atoms with Crippen molar-refractivity contribution < 1.29 is 0 Å². The van der Waals surface area contributed by atoms with Crippen LogP contribution in [0.3, 0.4) is 0 Å². The van der Waals surface area contributed by atoms with Crippen LogP contribution in [-0.2, 0) is 6.54 Å². The third kappa shape index (κ3) is 2.00. The summed E-state index contributed by atoms with van der Waals surface area (Å²) in [5.74, 6) is 0.590. The number of anilines is 1. The summed E-state index contributed by atoms with van der Waals surface area (Å²) >= 11 is 0. The lowest BCUT2D eigenvalue weighted by molar-refractivity contribution is 0.860. The minimum Gasteiger partial charge on any atom is -0.321 e. The van der Waals surface area contributed by atoms with Crippen molar-refractivity contribution in [3.8, 4) is 11.1 Å². The maximum absolute atomic E-state index is 3.15. The SMILES string of the molecule is CC(C)c1ccc(-c2ccc3c(c2)CNN3)cc1. The number of hydrogen-bond donors (Lipinski definition) is 2. The van der Waals surface area contributed by atoms with Gasteiger partial charge in [-0.2, -0.15) is 0 Å². The van der Waals surface area contributed by atoms with Gasteiger partial charge in [-0.25, -0.2) is 5.43 Å². The third-order valence-electron chi connectivity index (χ3n) is 3.52. The molecule has 1 aliphatic heterocycles. The van der Waals surface area contributed by atoms with Crippen molar-refractivity contribution in [1.82, 2.24) is 5.43 Å². The van der Waals surface area contributed by atoms with E-state index in [1.54, 1.807) is 0 Å². The molecule has 92 valence electrons. The molecule has 0 spiro atoms. The van der Waals surface area contributed by atoms with Gasteiger partial charge in [-0.15, -0.1) is 0 Å². The van der Waals surface area contributed by atoms with Crippen LogP contribution in [0.5, 0.6) is 0 Å². The predicted octanol–water partition coefficient (Wildman–Crippen LogP) is 3.91. The van der Waals surface area contributed by atoms with Crippen molar-refractivity contribution in [2.75, 3.05) is 5.43 Å². The molecule has 2 aromatic carbocycles. The molecule has 0 atom stereocenters. The first-order chi connectivity index (χ1) is 8.74. The molecule has 1 heterocycles. The van der Waals surface area contributed by atoms with Crippen LogP contribution in [0, 0.1) is 0 Å². The molecular formula is C16H18N2. The van der Waals surface area contributed by atoms with Gasteiger partial charge in [-0.3, -0.25) is 0 Å². The highest BCUT2D eigenvalue weighted by Crippen LogP contribution is 2.28. The molecule has 18 heavy (non-hydrogen) atoms. The lowest BCUT2D eigenvalue weighted by Crippen LogP contribution is -2.10. The number of benzene rings is 2. The zero-order chi connectivity index (χ0) is 12.5. The van der Waals surface area contributed by atoms with Crippen LogP contribution in [0.2, 0.25) is 0 Å². The number of hydrazine groups is 1. The highest BCUT2D eigenvalue weighted by atomic mass is 15.4. The fourth-order valence-corrected chi connectivity index (χ4v) is 2.34. The maximum atomic E-state index is 3.15. The molecule has 2 N–H and O–H groups in total. The van der Waals surface area contributed by atoms with Crippen LogP contribution >= 0.6 is 0 Å². The van der Waals surface area contributed by atoms with Crippen molar-refractivity contribution in [2.45, 2.75) is 26.3 Å². The zero-order valence-electron chi connectivity index (χ0n) is 10.8. The van der Waals surface area contributed by atoms with E-state index < -0.39 is 0 Å². The van der Waals surface area contributed by atoms with Gasteiger partial charge < -0.3 is 5.43 Å². The molecular weight excluding hydrogens is 220 g/mol. The minimum atomic E-state index is 0.590. The van der Waals surface area contributed by atoms with Crippen LogP contribution in [-0.4, -0.2) is 0 Å². The van der Waals surface area contributed by atoms with Gasteiger partial charge >= 0.3 is 0 Å². The molecule has 0 amide bonds. The van der Waals surface area contributed by atoms with Crippen molar-refractivity contribution >= 4 is 5.69 Å². The molecule has 0 unspecified atom stereocenters. The zero-order valence-corrected chi connectivity index (χ0v) is 10.8. The molecule has 0 aliphatic carbocycles. The normalized spacial score (nSPS) is 13.5. The van der Waals surface area contributed by atoms with Gasteiger partial charge in [-0.1, -0.05) is 44.2 Å². The summed E-state index contributed by atoms with van der Waals surface area (Å²) in [5.41, 5.74) is 12.8. The van der Waals surface area contributed by atoms with Crippen molar-refractivity contribution in [3.05, 3.63) is 53.6 Å². The van der Waals surface area contributed by atoms with E-state index in [0.717, 1.165) is 6.54 Å². The molecule has 0 bridgehead atoms. The Hall–Kier alpha value is -1.80. The summed E-state index contributed by atoms with van der Waals surface area (Å²) in [7, 11) is 0. The van der Waals surface area contributed by atoms with E-state index in [1.165, 1.54) is 27.9 Å². The molecule has 1 aliphatic rings. The van der Waals surface area contributed by atoms with Gasteiger partial charge in [-0.05, 0) is 40.3 Å². The summed E-state index contributed by atoms with van der Waals surface area (Å²) in [4.78, 5) is 0. The fourth-order valence-electron chi connectivity index (χ4n) is 2.34. The molecule has 2 aromatic rings. The highest BCUT2D eigenvalue weighted by Gasteiger charge is 2.10. The lowest BCUT2D eigenvalue weighted by atomic mass is 9.97. The first-order valence-electron chi connectivity index (χ1n) is 6.46. The molecule has 0 saturated heterocycles. The average molecular weight is 238 g/mol. The van der Waals surface area contributed by atoms with Crippen LogP contribution < -0.4 is 10.9 Å². The van der Waals surface area contributed by atoms with Crippen molar-refractivity contribution in [2.24, 2.45) is 0 Å². The van der Waals surface area contributed by atoms with Gasteiger partial charge in [0.2, 0.25) is 0 Å². The Labute approximate surface area is 108 Å². The van der Waals surface area contributed by atoms with Gasteiger partial charge in [0.05, 0.1) is 5.69 Å². The Morgan fingerprint density at radius 1 is 0.944 bits per heavy atom. The maximum Gasteiger partial charge on any atom is 0.0533 e. The molecule has 0 aromatic heterocycles. The fraction of sp³-hybridized carbons (Fsp3) is 0.250. The van der Waals surface area contributed by atoms with E-state index in [4.69, 9.17) is 0 Å². The number of rotatable bonds is 2.